The van der Waals surface area contributed by atoms with Gasteiger partial charge in [0.25, 0.3) is 0 Å². The van der Waals surface area contributed by atoms with Crippen LogP contribution in [0.25, 0.3) is 6.08 Å². The largest absolute Gasteiger partial charge is 0.492 e. The van der Waals surface area contributed by atoms with E-state index < -0.39 is 5.97 Å². The standard InChI is InChI=1S/C22H25NO4/c24-14-12-23(13-15-27-19-4-2-1-3-5-19)21-10-8-18-16-17(6-9-20(18)21)7-11-22(25)26/h1-7,9,11,16,21,24H,8,10,12-15H2,(H,25,26). The van der Waals surface area contributed by atoms with Crippen molar-refractivity contribution >= 4 is 12.0 Å². The third-order valence-corrected chi connectivity index (χ3v) is 4.85. The van der Waals surface area contributed by atoms with Crippen molar-refractivity contribution in [1.82, 2.24) is 4.90 Å². The molecule has 0 saturated carbocycles. The van der Waals surface area contributed by atoms with E-state index in [2.05, 4.69) is 17.0 Å². The van der Waals surface area contributed by atoms with Crippen LogP contribution >= 0.6 is 0 Å². The smallest absolute Gasteiger partial charge is 0.328 e. The van der Waals surface area contributed by atoms with Crippen molar-refractivity contribution in [2.45, 2.75) is 18.9 Å². The minimum absolute atomic E-state index is 0.108. The molecule has 2 N–H and O–H groups in total. The number of rotatable bonds is 9. The summed E-state index contributed by atoms with van der Waals surface area (Å²) < 4.78 is 5.82. The SMILES string of the molecule is O=C(O)C=Cc1ccc2c(c1)CCC2N(CCO)CCOc1ccccc1. The van der Waals surface area contributed by atoms with Crippen LogP contribution in [-0.4, -0.2) is 47.4 Å². The number of hydrogen-bond donors (Lipinski definition) is 2. The van der Waals surface area contributed by atoms with E-state index >= 15 is 0 Å². The molecule has 2 aromatic rings. The Morgan fingerprint density at radius 3 is 2.74 bits per heavy atom. The molecule has 0 heterocycles. The van der Waals surface area contributed by atoms with Crippen molar-refractivity contribution in [1.29, 1.82) is 0 Å². The number of ether oxygens (including phenoxy) is 1. The van der Waals surface area contributed by atoms with Gasteiger partial charge in [0.05, 0.1) is 6.61 Å². The predicted molar refractivity (Wildman–Crippen MR) is 105 cm³/mol. The first-order chi connectivity index (χ1) is 13.2. The Hall–Kier alpha value is -2.63. The number of carboxylic acids is 1. The number of fused-ring (bicyclic) bond motifs is 1. The zero-order chi connectivity index (χ0) is 19.1. The quantitative estimate of drug-likeness (QED) is 0.667. The molecule has 5 heteroatoms. The second kappa shape index (κ2) is 9.35. The van der Waals surface area contributed by atoms with E-state index in [0.29, 0.717) is 13.2 Å². The molecule has 0 amide bonds. The topological polar surface area (TPSA) is 70.0 Å². The van der Waals surface area contributed by atoms with Gasteiger partial charge in [0.1, 0.15) is 12.4 Å². The first-order valence-corrected chi connectivity index (χ1v) is 9.24. The molecule has 142 valence electrons. The van der Waals surface area contributed by atoms with Crippen LogP contribution in [-0.2, 0) is 11.2 Å². The van der Waals surface area contributed by atoms with Crippen molar-refractivity contribution in [2.75, 3.05) is 26.3 Å². The minimum Gasteiger partial charge on any atom is -0.492 e. The summed E-state index contributed by atoms with van der Waals surface area (Å²) in [5, 5.41) is 18.3. The highest BCUT2D eigenvalue weighted by Gasteiger charge is 2.27. The molecule has 0 bridgehead atoms. The summed E-state index contributed by atoms with van der Waals surface area (Å²) >= 11 is 0. The Labute approximate surface area is 159 Å². The van der Waals surface area contributed by atoms with Crippen LogP contribution in [0.3, 0.4) is 0 Å². The first-order valence-electron chi connectivity index (χ1n) is 9.24. The maximum absolute atomic E-state index is 10.7. The third-order valence-electron chi connectivity index (χ3n) is 4.85. The summed E-state index contributed by atoms with van der Waals surface area (Å²) in [4.78, 5) is 13.0. The van der Waals surface area contributed by atoms with E-state index in [9.17, 15) is 9.90 Å². The molecule has 2 aromatic carbocycles. The Balaban J connectivity index is 1.66. The van der Waals surface area contributed by atoms with Gasteiger partial charge in [-0.1, -0.05) is 36.4 Å². The van der Waals surface area contributed by atoms with E-state index in [0.717, 1.165) is 36.8 Å². The van der Waals surface area contributed by atoms with Crippen LogP contribution in [0.5, 0.6) is 5.75 Å². The average Bonchev–Trinajstić information content (AvgIpc) is 3.09. The summed E-state index contributed by atoms with van der Waals surface area (Å²) in [7, 11) is 0. The van der Waals surface area contributed by atoms with E-state index in [4.69, 9.17) is 9.84 Å². The number of carbonyl (C=O) groups is 1. The van der Waals surface area contributed by atoms with Crippen molar-refractivity contribution in [3.63, 3.8) is 0 Å². The monoisotopic (exact) mass is 367 g/mol. The van der Waals surface area contributed by atoms with Crippen molar-refractivity contribution in [3.05, 3.63) is 71.3 Å². The average molecular weight is 367 g/mol. The maximum Gasteiger partial charge on any atom is 0.328 e. The van der Waals surface area contributed by atoms with Gasteiger partial charge >= 0.3 is 5.97 Å². The molecule has 3 rings (SSSR count). The van der Waals surface area contributed by atoms with Gasteiger partial charge in [-0.3, -0.25) is 4.90 Å². The Morgan fingerprint density at radius 2 is 2.00 bits per heavy atom. The van der Waals surface area contributed by atoms with Gasteiger partial charge in [0, 0.05) is 25.2 Å². The van der Waals surface area contributed by atoms with Crippen LogP contribution < -0.4 is 4.74 Å². The van der Waals surface area contributed by atoms with Gasteiger partial charge in [-0.25, -0.2) is 4.79 Å². The highest BCUT2D eigenvalue weighted by Crippen LogP contribution is 2.36. The second-order valence-electron chi connectivity index (χ2n) is 6.61. The fourth-order valence-corrected chi connectivity index (χ4v) is 3.61. The number of aliphatic hydroxyl groups is 1. The lowest BCUT2D eigenvalue weighted by Gasteiger charge is -2.29. The van der Waals surface area contributed by atoms with Gasteiger partial charge in [0.2, 0.25) is 0 Å². The molecule has 5 nitrogen and oxygen atoms in total. The van der Waals surface area contributed by atoms with E-state index in [-0.39, 0.29) is 12.6 Å². The first kappa shape index (κ1) is 19.1. The number of carboxylic acid groups (broad SMARTS) is 1. The van der Waals surface area contributed by atoms with Crippen LogP contribution in [0.1, 0.15) is 29.2 Å². The molecule has 0 aliphatic heterocycles. The molecule has 1 unspecified atom stereocenters. The molecule has 0 spiro atoms. The molecular formula is C22H25NO4. The van der Waals surface area contributed by atoms with Crippen molar-refractivity contribution < 1.29 is 19.7 Å². The second-order valence-corrected chi connectivity index (χ2v) is 6.61. The third kappa shape index (κ3) is 5.18. The van der Waals surface area contributed by atoms with Crippen molar-refractivity contribution in [2.24, 2.45) is 0 Å². The highest BCUT2D eigenvalue weighted by molar-refractivity contribution is 5.85. The highest BCUT2D eigenvalue weighted by atomic mass is 16.5. The van der Waals surface area contributed by atoms with Gasteiger partial charge in [-0.15, -0.1) is 0 Å². The van der Waals surface area contributed by atoms with E-state index in [1.54, 1.807) is 6.08 Å². The minimum atomic E-state index is -0.944. The normalized spacial score (nSPS) is 16.0. The van der Waals surface area contributed by atoms with Crippen LogP contribution in [0.2, 0.25) is 0 Å². The lowest BCUT2D eigenvalue weighted by molar-refractivity contribution is -0.131. The Morgan fingerprint density at radius 1 is 1.19 bits per heavy atom. The van der Waals surface area contributed by atoms with Gasteiger partial charge < -0.3 is 14.9 Å². The number of para-hydroxylation sites is 1. The molecule has 1 atom stereocenters. The summed E-state index contributed by atoms with van der Waals surface area (Å²) in [6.45, 7) is 2.01. The lowest BCUT2D eigenvalue weighted by Crippen LogP contribution is -2.34. The Bertz CT molecular complexity index is 788. The van der Waals surface area contributed by atoms with Crippen LogP contribution in [0.4, 0.5) is 0 Å². The summed E-state index contributed by atoms with van der Waals surface area (Å²) in [5.74, 6) is -0.0935. The predicted octanol–water partition coefficient (Wildman–Crippen LogP) is 3.15. The van der Waals surface area contributed by atoms with E-state index in [1.165, 1.54) is 11.1 Å². The number of benzene rings is 2. The van der Waals surface area contributed by atoms with Crippen LogP contribution in [0.15, 0.2) is 54.6 Å². The molecule has 1 aliphatic rings. The summed E-state index contributed by atoms with van der Waals surface area (Å²) in [6.07, 6.45) is 4.73. The fourth-order valence-electron chi connectivity index (χ4n) is 3.61. The molecule has 27 heavy (non-hydrogen) atoms. The zero-order valence-corrected chi connectivity index (χ0v) is 15.3. The molecule has 0 fully saturated rings. The van der Waals surface area contributed by atoms with Gasteiger partial charge in [-0.2, -0.15) is 0 Å². The zero-order valence-electron chi connectivity index (χ0n) is 15.3. The number of aryl methyl sites for hydroxylation is 1. The number of nitrogens with zero attached hydrogens (tertiary/aromatic N) is 1. The number of aliphatic carboxylic acids is 1. The van der Waals surface area contributed by atoms with E-state index in [1.807, 2.05) is 36.4 Å². The molecule has 0 aromatic heterocycles. The molecule has 0 radical (unpaired) electrons. The molecule has 0 saturated heterocycles. The maximum atomic E-state index is 10.7. The summed E-state index contributed by atoms with van der Waals surface area (Å²) in [5.41, 5.74) is 3.41. The lowest BCUT2D eigenvalue weighted by atomic mass is 10.0. The van der Waals surface area contributed by atoms with Gasteiger partial charge in [-0.05, 0) is 47.7 Å². The van der Waals surface area contributed by atoms with Gasteiger partial charge in [0.15, 0.2) is 0 Å². The van der Waals surface area contributed by atoms with Crippen LogP contribution in [0, 0.1) is 0 Å². The number of hydrogen-bond acceptors (Lipinski definition) is 4. The molecule has 1 aliphatic carbocycles. The van der Waals surface area contributed by atoms with Crippen molar-refractivity contribution in [3.8, 4) is 5.75 Å². The Kier molecular flexibility index (Phi) is 6.63. The molecular weight excluding hydrogens is 342 g/mol. The summed E-state index contributed by atoms with van der Waals surface area (Å²) in [6, 6.07) is 16.1. The fraction of sp³-hybridized carbons (Fsp3) is 0.318. The number of aliphatic hydroxyl groups excluding tert-OH is 1.